The second-order valence-electron chi connectivity index (χ2n) is 12.9. The van der Waals surface area contributed by atoms with Crippen LogP contribution in [-0.4, -0.2) is 122 Å². The van der Waals surface area contributed by atoms with E-state index >= 15 is 0 Å². The van der Waals surface area contributed by atoms with E-state index in [0.717, 1.165) is 11.8 Å². The van der Waals surface area contributed by atoms with Crippen molar-refractivity contribution in [3.05, 3.63) is 29.8 Å². The number of benzene rings is 1. The van der Waals surface area contributed by atoms with Gasteiger partial charge in [0.05, 0.1) is 18.9 Å². The first-order chi connectivity index (χ1) is 23.5. The molecule has 2 saturated heterocycles. The Morgan fingerprint density at radius 2 is 1.26 bits per heavy atom. The van der Waals surface area contributed by atoms with Gasteiger partial charge in [-0.1, -0.05) is 26.0 Å². The van der Waals surface area contributed by atoms with Crippen LogP contribution in [0.3, 0.4) is 0 Å². The highest BCUT2D eigenvalue weighted by Gasteiger charge is 2.41. The maximum atomic E-state index is 13.8. The molecule has 0 aromatic heterocycles. The zero-order valence-corrected chi connectivity index (χ0v) is 27.9. The summed E-state index contributed by atoms with van der Waals surface area (Å²) in [6.07, 6.45) is -3.20. The predicted molar refractivity (Wildman–Crippen MR) is 172 cm³/mol. The number of phenolic OH excluding ortho intramolecular Hbond substituents is 1. The molecular weight excluding hydrogens is 660 g/mol. The number of carbonyl (C=O) groups excluding carboxylic acids is 6. The van der Waals surface area contributed by atoms with Gasteiger partial charge in [-0.3, -0.25) is 38.4 Å². The Hall–Kier alpha value is -5.26. The molecule has 274 valence electrons. The molecule has 0 bridgehead atoms. The summed E-state index contributed by atoms with van der Waals surface area (Å²) in [5, 5.41) is 51.0. The minimum atomic E-state index is -1.83. The third-order valence-corrected chi connectivity index (χ3v) is 8.26. The zero-order chi connectivity index (χ0) is 37.3. The fraction of sp³-hybridized carbons (Fsp3) is 0.562. The molecule has 0 radical (unpaired) electrons. The lowest BCUT2D eigenvalue weighted by atomic mass is 10.00. The number of carboxylic acid groups (broad SMARTS) is 2. The molecule has 6 amide bonds. The Morgan fingerprint density at radius 1 is 0.740 bits per heavy atom. The van der Waals surface area contributed by atoms with Crippen LogP contribution in [0.25, 0.3) is 0 Å². The largest absolute Gasteiger partial charge is 0.508 e. The van der Waals surface area contributed by atoms with Crippen LogP contribution < -0.4 is 26.6 Å². The number of hydrogen-bond donors (Lipinski definition) is 9. The Morgan fingerprint density at radius 3 is 1.84 bits per heavy atom. The average molecular weight is 705 g/mol. The van der Waals surface area contributed by atoms with Gasteiger partial charge in [-0.25, -0.2) is 0 Å². The van der Waals surface area contributed by atoms with Gasteiger partial charge in [0.1, 0.15) is 42.0 Å². The van der Waals surface area contributed by atoms with E-state index in [1.165, 1.54) is 24.3 Å². The molecule has 2 aliphatic heterocycles. The molecule has 0 spiro atoms. The minimum absolute atomic E-state index is 0.00179. The van der Waals surface area contributed by atoms with E-state index in [1.54, 1.807) is 13.8 Å². The number of aliphatic hydroxyl groups is 1. The monoisotopic (exact) mass is 704 g/mol. The second-order valence-corrected chi connectivity index (χ2v) is 12.9. The van der Waals surface area contributed by atoms with E-state index in [9.17, 15) is 58.8 Å². The number of aromatic hydroxyl groups is 1. The highest BCUT2D eigenvalue weighted by molar-refractivity contribution is 6.00. The molecule has 18 heteroatoms. The van der Waals surface area contributed by atoms with E-state index in [2.05, 4.69) is 26.6 Å². The number of hydrogen-bond acceptors (Lipinski definition) is 10. The first-order valence-electron chi connectivity index (χ1n) is 16.2. The molecule has 0 saturated carbocycles. The first-order valence-corrected chi connectivity index (χ1v) is 16.2. The third kappa shape index (κ3) is 10.9. The van der Waals surface area contributed by atoms with Crippen molar-refractivity contribution in [3.8, 4) is 5.75 Å². The molecule has 50 heavy (non-hydrogen) atoms. The highest BCUT2D eigenvalue weighted by atomic mass is 16.4. The predicted octanol–water partition coefficient (Wildman–Crippen LogP) is -2.26. The number of phenols is 1. The van der Waals surface area contributed by atoms with Crippen LogP contribution in [0.1, 0.15) is 58.4 Å². The van der Waals surface area contributed by atoms with E-state index in [0.29, 0.717) is 12.0 Å². The fourth-order valence-electron chi connectivity index (χ4n) is 5.77. The summed E-state index contributed by atoms with van der Waals surface area (Å²) >= 11 is 0. The number of nitrogens with zero attached hydrogens (tertiary/aromatic N) is 1. The summed E-state index contributed by atoms with van der Waals surface area (Å²) in [5.41, 5.74) is 0.504. The van der Waals surface area contributed by atoms with E-state index in [-0.39, 0.29) is 37.5 Å². The molecule has 9 N–H and O–H groups in total. The van der Waals surface area contributed by atoms with Crippen molar-refractivity contribution in [2.45, 2.75) is 102 Å². The molecule has 0 aliphatic carbocycles. The van der Waals surface area contributed by atoms with Gasteiger partial charge in [0, 0.05) is 13.0 Å². The Balaban J connectivity index is 2.11. The number of amides is 6. The Kier molecular flexibility index (Phi) is 13.6. The number of fused-ring (bicyclic) bond motifs is 1. The molecule has 3 rings (SSSR count). The first kappa shape index (κ1) is 39.2. The number of carbonyl (C=O) groups is 8. The number of rotatable bonds is 9. The summed E-state index contributed by atoms with van der Waals surface area (Å²) in [6, 6.07) is -3.48. The van der Waals surface area contributed by atoms with Gasteiger partial charge >= 0.3 is 11.9 Å². The number of aliphatic hydroxyl groups excluding tert-OH is 1. The normalized spacial score (nSPS) is 26.4. The van der Waals surface area contributed by atoms with Crippen LogP contribution >= 0.6 is 0 Å². The van der Waals surface area contributed by atoms with E-state index in [1.807, 2.05) is 0 Å². The summed E-state index contributed by atoms with van der Waals surface area (Å²) in [6.45, 7) is 4.61. The van der Waals surface area contributed by atoms with Crippen LogP contribution in [0.5, 0.6) is 5.75 Å². The van der Waals surface area contributed by atoms with Crippen LogP contribution in [0.15, 0.2) is 24.3 Å². The summed E-state index contributed by atoms with van der Waals surface area (Å²) in [7, 11) is 0. The topological polar surface area (TPSA) is 281 Å². The highest BCUT2D eigenvalue weighted by Crippen LogP contribution is 2.21. The fourth-order valence-corrected chi connectivity index (χ4v) is 5.77. The third-order valence-electron chi connectivity index (χ3n) is 8.26. The van der Waals surface area contributed by atoms with Crippen LogP contribution in [0.4, 0.5) is 0 Å². The molecule has 1 aromatic carbocycles. The standard InChI is InChI=1S/C32H44N6O12/c1-15(2)11-19-27(45)34-21(13-24(41)42)29(47)37-26(16(3)39)31(49)36-22(14-25(43)44)32(50)38-10-4-5-23(38)30(48)35-20(28(46)33-19)12-17-6-8-18(40)9-7-17/h6-9,15-16,19-23,26,39-40H,4-5,10-14H2,1-3H3,(H,33,46)(H,34,45)(H,35,48)(H,36,49)(H,37,47)(H,41,42)(H,43,44)/t16-,19+,20+,21+,22+,23-,26+/m1/s1. The molecule has 2 aliphatic rings. The van der Waals surface area contributed by atoms with Gasteiger partial charge in [-0.05, 0) is 49.8 Å². The maximum absolute atomic E-state index is 13.8. The number of aliphatic carboxylic acids is 2. The average Bonchev–Trinajstić information content (AvgIpc) is 3.52. The smallest absolute Gasteiger partial charge is 0.305 e. The maximum Gasteiger partial charge on any atom is 0.305 e. The van der Waals surface area contributed by atoms with E-state index < -0.39 is 103 Å². The molecule has 1 aromatic rings. The lowest BCUT2D eigenvalue weighted by Gasteiger charge is -2.31. The SMILES string of the molecule is CC(C)C[C@@H]1NC(=O)[C@H](Cc2ccc(O)cc2)NC(=O)[C@H]2CCCN2C(=O)[C@H](CC(=O)O)NC(=O)[C@H]([C@@H](C)O)NC(=O)[C@H](CC(=O)O)NC1=O. The van der Waals surface area contributed by atoms with Crippen molar-refractivity contribution >= 4 is 47.4 Å². The van der Waals surface area contributed by atoms with Crippen molar-refractivity contribution in [1.29, 1.82) is 0 Å². The van der Waals surface area contributed by atoms with Crippen molar-refractivity contribution in [2.75, 3.05) is 6.54 Å². The van der Waals surface area contributed by atoms with Gasteiger partial charge < -0.3 is 51.9 Å². The van der Waals surface area contributed by atoms with Gasteiger partial charge in [-0.2, -0.15) is 0 Å². The zero-order valence-electron chi connectivity index (χ0n) is 27.9. The number of nitrogens with one attached hydrogen (secondary N) is 5. The van der Waals surface area contributed by atoms with Gasteiger partial charge in [-0.15, -0.1) is 0 Å². The lowest BCUT2D eigenvalue weighted by Crippen LogP contribution is -2.63. The van der Waals surface area contributed by atoms with Gasteiger partial charge in [0.25, 0.3) is 0 Å². The lowest BCUT2D eigenvalue weighted by molar-refractivity contribution is -0.147. The molecule has 0 unspecified atom stereocenters. The van der Waals surface area contributed by atoms with E-state index in [4.69, 9.17) is 0 Å². The number of carboxylic acids is 2. The summed E-state index contributed by atoms with van der Waals surface area (Å²) in [4.78, 5) is 106. The Bertz CT molecular complexity index is 1470. The summed E-state index contributed by atoms with van der Waals surface area (Å²) in [5.74, 6) is -9.13. The van der Waals surface area contributed by atoms with Crippen molar-refractivity contribution in [3.63, 3.8) is 0 Å². The van der Waals surface area contributed by atoms with Crippen molar-refractivity contribution < 1.29 is 58.8 Å². The molecule has 2 fully saturated rings. The molecule has 18 nitrogen and oxygen atoms in total. The Labute approximate surface area is 287 Å². The van der Waals surface area contributed by atoms with Gasteiger partial charge in [0.15, 0.2) is 0 Å². The van der Waals surface area contributed by atoms with Crippen LogP contribution in [0.2, 0.25) is 0 Å². The molecule has 7 atom stereocenters. The quantitative estimate of drug-likeness (QED) is 0.132. The minimum Gasteiger partial charge on any atom is -0.508 e. The van der Waals surface area contributed by atoms with Crippen molar-refractivity contribution in [1.82, 2.24) is 31.5 Å². The van der Waals surface area contributed by atoms with Crippen LogP contribution in [-0.2, 0) is 44.8 Å². The van der Waals surface area contributed by atoms with Crippen LogP contribution in [0, 0.1) is 5.92 Å². The molecule has 2 heterocycles. The summed E-state index contributed by atoms with van der Waals surface area (Å²) < 4.78 is 0. The van der Waals surface area contributed by atoms with Crippen molar-refractivity contribution in [2.24, 2.45) is 5.92 Å². The van der Waals surface area contributed by atoms with Gasteiger partial charge in [0.2, 0.25) is 35.4 Å². The molecular formula is C32H44N6O12. The second kappa shape index (κ2) is 17.4.